The Morgan fingerprint density at radius 3 is 2.46 bits per heavy atom. The molecule has 26 heavy (non-hydrogen) atoms. The molecule has 5 heteroatoms. The smallest absolute Gasteiger partial charge is 0.132 e. The van der Waals surface area contributed by atoms with Gasteiger partial charge in [-0.1, -0.05) is 17.7 Å². The molecule has 1 aromatic carbocycles. The van der Waals surface area contributed by atoms with E-state index in [1.54, 1.807) is 0 Å². The highest BCUT2D eigenvalue weighted by atomic mass is 15.4. The Bertz CT molecular complexity index is 912. The van der Waals surface area contributed by atoms with Crippen LogP contribution < -0.4 is 4.90 Å². The largest absolute Gasteiger partial charge is 0.356 e. The van der Waals surface area contributed by atoms with Crippen molar-refractivity contribution in [3.05, 3.63) is 58.8 Å². The van der Waals surface area contributed by atoms with Crippen LogP contribution in [0.25, 0.3) is 5.69 Å². The number of nitrogens with one attached hydrogen (secondary N) is 1. The van der Waals surface area contributed by atoms with Crippen LogP contribution in [0.5, 0.6) is 0 Å². The highest BCUT2D eigenvalue weighted by Crippen LogP contribution is 2.32. The predicted octanol–water partition coefficient (Wildman–Crippen LogP) is 4.21. The molecule has 1 N–H and O–H groups in total. The van der Waals surface area contributed by atoms with E-state index in [0.717, 1.165) is 37.3 Å². The summed E-state index contributed by atoms with van der Waals surface area (Å²) in [6, 6.07) is 8.78. The van der Waals surface area contributed by atoms with Crippen LogP contribution in [0.15, 0.2) is 30.6 Å². The molecule has 1 saturated heterocycles. The molecule has 0 amide bonds. The van der Waals surface area contributed by atoms with Gasteiger partial charge in [0, 0.05) is 30.8 Å². The fourth-order valence-corrected chi connectivity index (χ4v) is 4.11. The summed E-state index contributed by atoms with van der Waals surface area (Å²) in [5.41, 5.74) is 7.23. The Hall–Kier alpha value is -2.56. The van der Waals surface area contributed by atoms with E-state index in [-0.39, 0.29) is 0 Å². The first-order chi connectivity index (χ1) is 12.5. The second-order valence-corrected chi connectivity index (χ2v) is 7.51. The minimum atomic E-state index is 0.576. The van der Waals surface area contributed by atoms with Gasteiger partial charge in [-0.2, -0.15) is 5.10 Å². The lowest BCUT2D eigenvalue weighted by atomic mass is 9.92. The molecule has 0 spiro atoms. The molecule has 0 atom stereocenters. The van der Waals surface area contributed by atoms with Crippen LogP contribution in [0.2, 0.25) is 0 Å². The average Bonchev–Trinajstić information content (AvgIpc) is 3.21. The van der Waals surface area contributed by atoms with Crippen molar-refractivity contribution in [2.75, 3.05) is 18.0 Å². The van der Waals surface area contributed by atoms with Gasteiger partial charge in [0.15, 0.2) is 0 Å². The van der Waals surface area contributed by atoms with E-state index in [0.29, 0.717) is 5.92 Å². The zero-order valence-corrected chi connectivity index (χ0v) is 16.1. The minimum Gasteiger partial charge on any atom is -0.356 e. The van der Waals surface area contributed by atoms with E-state index in [2.05, 4.69) is 71.5 Å². The van der Waals surface area contributed by atoms with Gasteiger partial charge in [-0.25, -0.2) is 9.67 Å². The summed E-state index contributed by atoms with van der Waals surface area (Å²) in [5, 5.41) is 4.79. The third-order valence-electron chi connectivity index (χ3n) is 5.49. The van der Waals surface area contributed by atoms with Crippen LogP contribution >= 0.6 is 0 Å². The van der Waals surface area contributed by atoms with Gasteiger partial charge in [0.05, 0.1) is 23.4 Å². The van der Waals surface area contributed by atoms with Gasteiger partial charge < -0.3 is 9.88 Å². The van der Waals surface area contributed by atoms with Crippen molar-refractivity contribution in [2.45, 2.75) is 46.5 Å². The topological polar surface area (TPSA) is 49.7 Å². The first-order valence-electron chi connectivity index (χ1n) is 9.42. The monoisotopic (exact) mass is 349 g/mol. The quantitative estimate of drug-likeness (QED) is 0.770. The van der Waals surface area contributed by atoms with Gasteiger partial charge in [0.1, 0.15) is 5.82 Å². The second-order valence-electron chi connectivity index (χ2n) is 7.51. The van der Waals surface area contributed by atoms with Crippen molar-refractivity contribution in [3.63, 3.8) is 0 Å². The van der Waals surface area contributed by atoms with Gasteiger partial charge in [-0.05, 0) is 52.2 Å². The van der Waals surface area contributed by atoms with E-state index in [9.17, 15) is 0 Å². The van der Waals surface area contributed by atoms with Gasteiger partial charge in [0.2, 0.25) is 0 Å². The predicted molar refractivity (Wildman–Crippen MR) is 105 cm³/mol. The summed E-state index contributed by atoms with van der Waals surface area (Å²) < 4.78 is 2.12. The number of imidazole rings is 1. The van der Waals surface area contributed by atoms with Crippen LogP contribution in [-0.2, 0) is 0 Å². The van der Waals surface area contributed by atoms with Crippen LogP contribution in [0.1, 0.15) is 47.0 Å². The van der Waals surface area contributed by atoms with Crippen molar-refractivity contribution in [2.24, 2.45) is 0 Å². The number of aromatic nitrogens is 4. The van der Waals surface area contributed by atoms with E-state index >= 15 is 0 Å². The van der Waals surface area contributed by atoms with E-state index < -0.39 is 0 Å². The maximum atomic E-state index is 4.79. The van der Waals surface area contributed by atoms with Gasteiger partial charge in [0.25, 0.3) is 0 Å². The highest BCUT2D eigenvalue weighted by molar-refractivity contribution is 5.52. The van der Waals surface area contributed by atoms with Crippen LogP contribution in [0.4, 0.5) is 5.82 Å². The van der Waals surface area contributed by atoms with E-state index in [1.165, 1.54) is 28.3 Å². The van der Waals surface area contributed by atoms with Gasteiger partial charge in [-0.3, -0.25) is 0 Å². The Morgan fingerprint density at radius 1 is 1.04 bits per heavy atom. The summed E-state index contributed by atoms with van der Waals surface area (Å²) in [6.45, 7) is 10.5. The van der Waals surface area contributed by atoms with Crippen molar-refractivity contribution in [1.82, 2.24) is 19.7 Å². The molecule has 1 aliphatic heterocycles. The molecule has 0 radical (unpaired) electrons. The third-order valence-corrected chi connectivity index (χ3v) is 5.49. The zero-order chi connectivity index (χ0) is 18.3. The molecule has 3 heterocycles. The Kier molecular flexibility index (Phi) is 4.31. The van der Waals surface area contributed by atoms with Gasteiger partial charge >= 0.3 is 0 Å². The number of nitrogens with zero attached hydrogens (tertiary/aromatic N) is 4. The molecule has 0 unspecified atom stereocenters. The fourth-order valence-electron chi connectivity index (χ4n) is 4.11. The molecule has 0 saturated carbocycles. The van der Waals surface area contributed by atoms with Crippen LogP contribution in [0.3, 0.4) is 0 Å². The lowest BCUT2D eigenvalue weighted by molar-refractivity contribution is 0.490. The number of anilines is 1. The lowest BCUT2D eigenvalue weighted by Crippen LogP contribution is -2.34. The zero-order valence-electron chi connectivity index (χ0n) is 16.1. The molecule has 4 rings (SSSR count). The normalized spacial score (nSPS) is 15.6. The first-order valence-corrected chi connectivity index (χ1v) is 9.42. The molecule has 5 nitrogen and oxygen atoms in total. The minimum absolute atomic E-state index is 0.576. The summed E-state index contributed by atoms with van der Waals surface area (Å²) in [5.74, 6) is 1.78. The maximum Gasteiger partial charge on any atom is 0.132 e. The number of rotatable bonds is 3. The SMILES string of the molecule is Cc1ccc(-n2nc(C)cc2N2CCC(c3[nH]cnc3C)CC2)c(C)c1. The highest BCUT2D eigenvalue weighted by Gasteiger charge is 2.25. The molecule has 0 bridgehead atoms. The van der Waals surface area contributed by atoms with Crippen molar-refractivity contribution >= 4 is 5.82 Å². The number of hydrogen-bond donors (Lipinski definition) is 1. The molecule has 1 aliphatic rings. The molecular formula is C21H27N5. The Labute approximate surface area is 155 Å². The number of aromatic amines is 1. The molecule has 2 aromatic heterocycles. The number of piperidine rings is 1. The fraction of sp³-hybridized carbons (Fsp3) is 0.429. The molecule has 3 aromatic rings. The number of hydrogen-bond acceptors (Lipinski definition) is 3. The van der Waals surface area contributed by atoms with Crippen molar-refractivity contribution in [1.29, 1.82) is 0 Å². The number of H-pyrrole nitrogens is 1. The van der Waals surface area contributed by atoms with Crippen LogP contribution in [-0.4, -0.2) is 32.8 Å². The maximum absolute atomic E-state index is 4.79. The average molecular weight is 349 g/mol. The molecule has 0 aliphatic carbocycles. The Balaban J connectivity index is 1.59. The summed E-state index contributed by atoms with van der Waals surface area (Å²) in [7, 11) is 0. The molecular weight excluding hydrogens is 322 g/mol. The standard InChI is InChI=1S/C21H27N5/c1-14-5-6-19(15(2)11-14)26-20(12-16(3)24-26)25-9-7-18(8-10-25)21-17(4)22-13-23-21/h5-6,11-13,18H,7-10H2,1-4H3,(H,22,23). The summed E-state index contributed by atoms with van der Waals surface area (Å²) >= 11 is 0. The summed E-state index contributed by atoms with van der Waals surface area (Å²) in [6.07, 6.45) is 4.09. The van der Waals surface area contributed by atoms with Crippen LogP contribution in [0, 0.1) is 27.7 Å². The third kappa shape index (κ3) is 3.02. The van der Waals surface area contributed by atoms with Crippen molar-refractivity contribution in [3.8, 4) is 5.69 Å². The lowest BCUT2D eigenvalue weighted by Gasteiger charge is -2.33. The van der Waals surface area contributed by atoms with E-state index in [1.807, 2.05) is 6.33 Å². The first kappa shape index (κ1) is 16.9. The van der Waals surface area contributed by atoms with Gasteiger partial charge in [-0.15, -0.1) is 0 Å². The summed E-state index contributed by atoms with van der Waals surface area (Å²) in [4.78, 5) is 10.2. The number of benzene rings is 1. The molecule has 1 fully saturated rings. The second kappa shape index (κ2) is 6.63. The molecule has 136 valence electrons. The van der Waals surface area contributed by atoms with Crippen molar-refractivity contribution < 1.29 is 0 Å². The Morgan fingerprint density at radius 2 is 1.81 bits per heavy atom. The number of aryl methyl sites for hydroxylation is 4. The van der Waals surface area contributed by atoms with E-state index in [4.69, 9.17) is 5.10 Å².